The van der Waals surface area contributed by atoms with E-state index in [4.69, 9.17) is 34.9 Å². The van der Waals surface area contributed by atoms with Gasteiger partial charge in [0.1, 0.15) is 0 Å². The van der Waals surface area contributed by atoms with E-state index >= 15 is 0 Å². The number of para-hydroxylation sites is 5. The van der Waals surface area contributed by atoms with Crippen molar-refractivity contribution in [2.45, 2.75) is 0 Å². The van der Waals surface area contributed by atoms with Crippen LogP contribution < -0.4 is 0 Å². The molecule has 11 nitrogen and oxygen atoms in total. The van der Waals surface area contributed by atoms with E-state index in [2.05, 4.69) is 455 Å². The molecule has 21 aromatic carbocycles. The molecule has 9 aromatic heterocycles. The summed E-state index contributed by atoms with van der Waals surface area (Å²) >= 11 is 3.73. The van der Waals surface area contributed by atoms with Crippen LogP contribution in [0.1, 0.15) is 0 Å². The molecule has 0 saturated heterocycles. The van der Waals surface area contributed by atoms with E-state index in [0.29, 0.717) is 29.4 Å². The summed E-state index contributed by atoms with van der Waals surface area (Å²) in [6.45, 7) is 0. The molecule has 0 atom stereocenters. The van der Waals surface area contributed by atoms with E-state index in [-0.39, 0.29) is 0 Å². The predicted octanol–water partition coefficient (Wildman–Crippen LogP) is 36.3. The van der Waals surface area contributed by atoms with Gasteiger partial charge in [0.2, 0.25) is 11.9 Å². The zero-order chi connectivity index (χ0) is 99.1. The van der Waals surface area contributed by atoms with Crippen LogP contribution in [0.4, 0.5) is 0 Å². The van der Waals surface area contributed by atoms with E-state index in [1.165, 1.54) is 161 Å². The molecule has 0 unspecified atom stereocenters. The second kappa shape index (κ2) is 37.6. The fourth-order valence-corrected chi connectivity index (χ4v) is 24.4. The number of nitrogens with zero attached hydrogens (tertiary/aromatic N) is 11. The van der Waals surface area contributed by atoms with Crippen molar-refractivity contribution in [3.63, 3.8) is 0 Å². The molecule has 0 radical (unpaired) electrons. The SMILES string of the molecule is c1ccc(-c2cccc(-c3ccc(-c4ccnc(-n5c6ccccc6c6ccc(-c7cccc8c7sc7ccccc78)cc65)n4)cc3)c2)cc1.c1ccc(-c2cccc(-c3ccnc(-n4c5ccccc5c5cc(-c6cccc7c6sc6ccccc67)ccc54)n3)c2)cc1.c1ccc(-c2nc(-c3ccccc3)nc(-c3cccc(-n4c5ccccc5c5cc(-c6ccc7c8ccccc8n(-c8ccccc8)c7c6)ccc54)c3)n2)cc1. The van der Waals surface area contributed by atoms with Gasteiger partial charge in [-0.25, -0.2) is 34.9 Å². The normalized spacial score (nSPS) is 11.6. The molecule has 0 N–H and O–H groups in total. The van der Waals surface area contributed by atoms with Crippen LogP contribution >= 0.6 is 22.7 Å². The molecule has 0 aliphatic rings. The van der Waals surface area contributed by atoms with Crippen molar-refractivity contribution in [2.24, 2.45) is 0 Å². The molecule has 13 heteroatoms. The summed E-state index contributed by atoms with van der Waals surface area (Å²) in [5.74, 6) is 3.24. The van der Waals surface area contributed by atoms with E-state index in [0.717, 1.165) is 83.7 Å². The maximum atomic E-state index is 5.18. The fourth-order valence-electron chi connectivity index (χ4n) is 21.9. The lowest BCUT2D eigenvalue weighted by molar-refractivity contribution is 0.992. The quantitative estimate of drug-likeness (QED) is 0.101. The Kier molecular flexibility index (Phi) is 22.1. The number of fused-ring (bicyclic) bond motifs is 18. The van der Waals surface area contributed by atoms with Crippen LogP contribution in [-0.2, 0) is 0 Å². The van der Waals surface area contributed by atoms with Crippen LogP contribution in [0.5, 0.6) is 0 Å². The van der Waals surface area contributed by atoms with Crippen molar-refractivity contribution in [3.05, 3.63) is 528 Å². The lowest BCUT2D eigenvalue weighted by Crippen LogP contribution is -2.01. The zero-order valence-corrected chi connectivity index (χ0v) is 82.6. The Balaban J connectivity index is 0.000000109. The topological polar surface area (TPSA) is 110 Å². The summed E-state index contributed by atoms with van der Waals surface area (Å²) in [6.07, 6.45) is 3.74. The van der Waals surface area contributed by atoms with Crippen molar-refractivity contribution in [3.8, 4) is 147 Å². The third-order valence-corrected chi connectivity index (χ3v) is 31.4. The highest BCUT2D eigenvalue weighted by Gasteiger charge is 2.25. The Bertz CT molecular complexity index is 10400. The summed E-state index contributed by atoms with van der Waals surface area (Å²) in [5.41, 5.74) is 32.3. The van der Waals surface area contributed by atoms with Crippen LogP contribution in [0.3, 0.4) is 0 Å². The van der Waals surface area contributed by atoms with Gasteiger partial charge in [0.05, 0.1) is 55.5 Å². The van der Waals surface area contributed by atoms with Gasteiger partial charge in [-0.2, -0.15) is 0 Å². The summed E-state index contributed by atoms with van der Waals surface area (Å²) < 4.78 is 14.4. The van der Waals surface area contributed by atoms with Crippen LogP contribution in [-0.4, -0.2) is 53.2 Å². The van der Waals surface area contributed by atoms with Gasteiger partial charge in [0, 0.05) is 135 Å². The maximum absolute atomic E-state index is 5.18. The standard InChI is InChI=1S/C51H33N5.C46H29N3S.C40H25N3S/c1-4-15-34(16-5-1)49-52-50(35-17-6-2-7-18-35)54-51(53-49)38-19-14-22-40(31-38)56-46-26-13-11-24-42(46)44-32-36(28-30-47(44)56)37-27-29-43-41-23-10-12-25-45(41)55(48(43)33-37)39-20-8-3-9-21-39;1-2-10-30(11-3-1)33-12-8-13-34(28-33)31-20-22-32(23-21-31)41-26-27-47-46(48-41)49-42-18-6-4-14-37(42)38-25-24-35(29-43(38)49)36-16-9-17-40-39-15-5-7-19-44(39)50-45(36)40;1-2-10-26(11-3-1)27-12-8-13-29(24-27)35-22-23-41-40(42-35)43-36-18-6-4-14-31(36)34-25-28(20-21-37(34)43)30-16-9-17-33-32-15-5-7-19-38(32)44-39(30)33/h1-33H;1-29H;1-25H. The summed E-state index contributed by atoms with van der Waals surface area (Å²) in [6, 6.07) is 183. The van der Waals surface area contributed by atoms with E-state index in [1.807, 2.05) is 114 Å². The number of rotatable bonds is 15. The minimum absolute atomic E-state index is 0.630. The van der Waals surface area contributed by atoms with Gasteiger partial charge in [-0.1, -0.05) is 394 Å². The molecule has 0 amide bonds. The number of hydrogen-bond donors (Lipinski definition) is 0. The van der Waals surface area contributed by atoms with Crippen molar-refractivity contribution in [1.29, 1.82) is 0 Å². The van der Waals surface area contributed by atoms with Gasteiger partial charge in [-0.15, -0.1) is 22.7 Å². The minimum atomic E-state index is 0.630. The molecule has 0 aliphatic carbocycles. The maximum Gasteiger partial charge on any atom is 0.235 e. The Hall–Kier alpha value is -19.6. The zero-order valence-electron chi connectivity index (χ0n) is 81.0. The Morgan fingerprint density at radius 1 is 0.153 bits per heavy atom. The predicted molar refractivity (Wildman–Crippen MR) is 627 cm³/mol. The molecule has 0 saturated carbocycles. The first kappa shape index (κ1) is 88.2. The second-order valence-electron chi connectivity index (χ2n) is 37.8. The molecular weight excluding hydrogens is 1860 g/mol. The first-order chi connectivity index (χ1) is 74.4. The third kappa shape index (κ3) is 15.9. The Labute approximate surface area is 871 Å². The molecule has 150 heavy (non-hydrogen) atoms. The van der Waals surface area contributed by atoms with Crippen LogP contribution in [0, 0.1) is 0 Å². The van der Waals surface area contributed by atoms with Crippen molar-refractivity contribution >= 4 is 150 Å². The van der Waals surface area contributed by atoms with Crippen molar-refractivity contribution in [1.82, 2.24) is 53.2 Å². The molecule has 0 aliphatic heterocycles. The number of aromatic nitrogens is 11. The first-order valence-corrected chi connectivity index (χ1v) is 52.1. The van der Waals surface area contributed by atoms with Gasteiger partial charge in [0.25, 0.3) is 0 Å². The van der Waals surface area contributed by atoms with Gasteiger partial charge in [-0.3, -0.25) is 9.13 Å². The smallest absolute Gasteiger partial charge is 0.235 e. The van der Waals surface area contributed by atoms with Gasteiger partial charge < -0.3 is 9.13 Å². The lowest BCUT2D eigenvalue weighted by atomic mass is 9.98. The van der Waals surface area contributed by atoms with E-state index in [9.17, 15) is 0 Å². The molecule has 0 bridgehead atoms. The molecule has 0 spiro atoms. The van der Waals surface area contributed by atoms with Crippen LogP contribution in [0.25, 0.3) is 274 Å². The number of thiophene rings is 2. The highest BCUT2D eigenvalue weighted by molar-refractivity contribution is 7.26. The molecule has 30 aromatic rings. The first-order valence-electron chi connectivity index (χ1n) is 50.4. The molecular formula is C137H87N11S2. The Morgan fingerprint density at radius 2 is 0.453 bits per heavy atom. The summed E-state index contributed by atoms with van der Waals surface area (Å²) in [4.78, 5) is 34.9. The summed E-state index contributed by atoms with van der Waals surface area (Å²) in [5, 5.41) is 14.9. The van der Waals surface area contributed by atoms with E-state index in [1.54, 1.807) is 0 Å². The molecule has 30 rings (SSSR count). The monoisotopic (exact) mass is 1950 g/mol. The lowest BCUT2D eigenvalue weighted by Gasteiger charge is -2.12. The second-order valence-corrected chi connectivity index (χ2v) is 39.9. The average Bonchev–Trinajstić information content (AvgIpc) is 1.50. The number of hydrogen-bond acceptors (Lipinski definition) is 9. The van der Waals surface area contributed by atoms with Gasteiger partial charge in [0.15, 0.2) is 17.5 Å². The van der Waals surface area contributed by atoms with Crippen LogP contribution in [0.2, 0.25) is 0 Å². The Morgan fingerprint density at radius 3 is 0.987 bits per heavy atom. The van der Waals surface area contributed by atoms with Gasteiger partial charge >= 0.3 is 0 Å². The molecule has 0 fully saturated rings. The average molecular weight is 1950 g/mol. The highest BCUT2D eigenvalue weighted by atomic mass is 32.1. The van der Waals surface area contributed by atoms with E-state index < -0.39 is 0 Å². The molecule has 9 heterocycles. The largest absolute Gasteiger partial charge is 0.309 e. The summed E-state index contributed by atoms with van der Waals surface area (Å²) in [7, 11) is 0. The van der Waals surface area contributed by atoms with Gasteiger partial charge in [-0.05, 0) is 188 Å². The number of benzene rings is 21. The third-order valence-electron chi connectivity index (χ3n) is 29.0. The van der Waals surface area contributed by atoms with Crippen molar-refractivity contribution in [2.75, 3.05) is 0 Å². The van der Waals surface area contributed by atoms with Crippen molar-refractivity contribution < 1.29 is 0 Å². The highest BCUT2D eigenvalue weighted by Crippen LogP contribution is 2.48. The minimum Gasteiger partial charge on any atom is -0.309 e. The molecule has 702 valence electrons. The fraction of sp³-hybridized carbons (Fsp3) is 0. The van der Waals surface area contributed by atoms with Crippen LogP contribution in [0.15, 0.2) is 528 Å².